The zero-order chi connectivity index (χ0) is 41.4. The zero-order valence-electron chi connectivity index (χ0n) is 31.4. The molecule has 4 aromatic rings. The molecule has 0 spiro atoms. The van der Waals surface area contributed by atoms with Crippen molar-refractivity contribution in [2.24, 2.45) is 23.7 Å². The first kappa shape index (κ1) is 39.2. The summed E-state index contributed by atoms with van der Waals surface area (Å²) in [6, 6.07) is 23.4. The number of likely N-dealkylation sites (tertiary alicyclic amines) is 2. The Hall–Kier alpha value is -5.24. The van der Waals surface area contributed by atoms with E-state index in [0.29, 0.717) is 54.3 Å². The molecule has 304 valence electrons. The van der Waals surface area contributed by atoms with Gasteiger partial charge in [-0.15, -0.1) is 0 Å². The minimum Gasteiger partial charge on any atom is -0.508 e. The third-order valence-electron chi connectivity index (χ3n) is 13.0. The number of pyridine rings is 1. The molecule has 15 heteroatoms. The number of halogens is 5. The number of imide groups is 2. The number of amides is 4. The molecule has 2 N–H and O–H groups in total. The van der Waals surface area contributed by atoms with Crippen LogP contribution in [0.25, 0.3) is 0 Å². The number of hydrogen-bond donors (Lipinski definition) is 2. The lowest BCUT2D eigenvalue weighted by Crippen LogP contribution is -2.53. The summed E-state index contributed by atoms with van der Waals surface area (Å²) < 4.78 is 40.5. The van der Waals surface area contributed by atoms with Gasteiger partial charge < -0.3 is 5.11 Å². The smallest absolute Gasteiger partial charge is 0.417 e. The van der Waals surface area contributed by atoms with Gasteiger partial charge in [-0.1, -0.05) is 89.4 Å². The molecule has 2 aliphatic carbocycles. The van der Waals surface area contributed by atoms with Crippen LogP contribution in [0.1, 0.15) is 53.9 Å². The predicted octanol–water partition coefficient (Wildman–Crippen LogP) is 7.76. The van der Waals surface area contributed by atoms with Gasteiger partial charge in [0.2, 0.25) is 11.8 Å². The first-order valence-electron chi connectivity index (χ1n) is 19.5. The van der Waals surface area contributed by atoms with Crippen molar-refractivity contribution in [3.63, 3.8) is 0 Å². The van der Waals surface area contributed by atoms with Crippen LogP contribution in [0.4, 0.5) is 19.0 Å². The molecule has 1 aromatic heterocycles. The van der Waals surface area contributed by atoms with Crippen molar-refractivity contribution in [1.82, 2.24) is 19.8 Å². The summed E-state index contributed by atoms with van der Waals surface area (Å²) in [6.45, 7) is 2.20. The van der Waals surface area contributed by atoms with Crippen molar-refractivity contribution < 1.29 is 37.5 Å². The molecule has 59 heavy (non-hydrogen) atoms. The van der Waals surface area contributed by atoms with Crippen LogP contribution in [0.5, 0.6) is 5.75 Å². The van der Waals surface area contributed by atoms with Gasteiger partial charge in [0.25, 0.3) is 11.8 Å². The van der Waals surface area contributed by atoms with E-state index in [2.05, 4.69) is 27.4 Å². The number of nitrogens with one attached hydrogen (secondary N) is 1. The number of anilines is 1. The van der Waals surface area contributed by atoms with Gasteiger partial charge in [-0.3, -0.25) is 34.4 Å². The monoisotopic (exact) mass is 843 g/mol. The molecular weight excluding hydrogens is 806 g/mol. The number of hydrazine groups is 1. The Kier molecular flexibility index (Phi) is 9.83. The maximum absolute atomic E-state index is 15.3. The zero-order valence-corrected chi connectivity index (χ0v) is 32.9. The highest BCUT2D eigenvalue weighted by molar-refractivity contribution is 6.33. The van der Waals surface area contributed by atoms with Gasteiger partial charge in [0, 0.05) is 42.8 Å². The van der Waals surface area contributed by atoms with E-state index in [1.54, 1.807) is 36.4 Å². The van der Waals surface area contributed by atoms with E-state index in [1.165, 1.54) is 22.6 Å². The van der Waals surface area contributed by atoms with Gasteiger partial charge in [-0.25, -0.2) is 4.98 Å². The predicted molar refractivity (Wildman–Crippen MR) is 212 cm³/mol. The van der Waals surface area contributed by atoms with Gasteiger partial charge in [0.15, 0.2) is 5.82 Å². The van der Waals surface area contributed by atoms with Crippen LogP contribution >= 0.6 is 23.2 Å². The maximum atomic E-state index is 15.3. The minimum absolute atomic E-state index is 0.0174. The van der Waals surface area contributed by atoms with E-state index in [4.69, 9.17) is 23.2 Å². The number of alkyl halides is 3. The average molecular weight is 845 g/mol. The first-order chi connectivity index (χ1) is 28.3. The Morgan fingerprint density at radius 2 is 1.56 bits per heavy atom. The molecule has 4 fully saturated rings. The van der Waals surface area contributed by atoms with E-state index in [0.717, 1.165) is 17.1 Å². The van der Waals surface area contributed by atoms with Crippen molar-refractivity contribution in [3.05, 3.63) is 135 Å². The Morgan fingerprint density at radius 1 is 0.864 bits per heavy atom. The molecule has 1 saturated carbocycles. The molecule has 6 atom stereocenters. The Balaban J connectivity index is 1.10. The van der Waals surface area contributed by atoms with Crippen LogP contribution in [0, 0.1) is 23.7 Å². The van der Waals surface area contributed by atoms with Gasteiger partial charge in [-0.05, 0) is 78.6 Å². The highest BCUT2D eigenvalue weighted by atomic mass is 35.5. The summed E-state index contributed by atoms with van der Waals surface area (Å²) in [4.78, 5) is 66.9. The lowest BCUT2D eigenvalue weighted by atomic mass is 9.49. The molecule has 4 heterocycles. The molecule has 3 aliphatic heterocycles. The average Bonchev–Trinajstić information content (AvgIpc) is 3.60. The van der Waals surface area contributed by atoms with Crippen molar-refractivity contribution in [1.29, 1.82) is 0 Å². The number of fused-ring (bicyclic) bond motifs is 4. The van der Waals surface area contributed by atoms with E-state index in [1.807, 2.05) is 24.3 Å². The minimum atomic E-state index is -4.74. The highest BCUT2D eigenvalue weighted by Crippen LogP contribution is 2.64. The maximum Gasteiger partial charge on any atom is 0.417 e. The van der Waals surface area contributed by atoms with Crippen LogP contribution < -0.4 is 5.43 Å². The summed E-state index contributed by atoms with van der Waals surface area (Å²) in [5.41, 5.74) is 2.79. The number of phenolic OH excluding ortho intramolecular Hbond substituents is 1. The van der Waals surface area contributed by atoms with E-state index in [9.17, 15) is 32.7 Å². The molecule has 0 bridgehead atoms. The van der Waals surface area contributed by atoms with Crippen LogP contribution in [-0.2, 0) is 37.3 Å². The van der Waals surface area contributed by atoms with Crippen LogP contribution in [0.3, 0.4) is 0 Å². The van der Waals surface area contributed by atoms with E-state index >= 15 is 4.79 Å². The number of rotatable bonds is 7. The van der Waals surface area contributed by atoms with Crippen LogP contribution in [0.2, 0.25) is 10.0 Å². The van der Waals surface area contributed by atoms with Crippen molar-refractivity contribution in [2.75, 3.05) is 18.5 Å². The van der Waals surface area contributed by atoms with Crippen LogP contribution in [-0.4, -0.2) is 67.7 Å². The molecule has 9 rings (SSSR count). The van der Waals surface area contributed by atoms with E-state index in [-0.39, 0.29) is 42.3 Å². The Bertz CT molecular complexity index is 2370. The number of benzene rings is 3. The van der Waals surface area contributed by atoms with Gasteiger partial charge in [0.05, 0.1) is 33.8 Å². The summed E-state index contributed by atoms with van der Waals surface area (Å²) >= 11 is 12.6. The summed E-state index contributed by atoms with van der Waals surface area (Å²) in [6.07, 6.45) is -0.727. The molecular formula is C44H38Cl2F3N5O5. The third-order valence-corrected chi connectivity index (χ3v) is 13.5. The molecule has 4 amide bonds. The lowest BCUT2D eigenvalue weighted by molar-refractivity contribution is -0.144. The number of carbonyl (C=O) groups is 4. The fourth-order valence-corrected chi connectivity index (χ4v) is 10.7. The molecule has 5 aliphatic rings. The number of hydrogen-bond acceptors (Lipinski definition) is 8. The third kappa shape index (κ3) is 6.49. The quantitative estimate of drug-likeness (QED) is 0.143. The summed E-state index contributed by atoms with van der Waals surface area (Å²) in [5.74, 6) is -6.38. The summed E-state index contributed by atoms with van der Waals surface area (Å²) in [5, 5.41) is 11.0. The first-order valence-corrected chi connectivity index (χ1v) is 20.3. The second-order valence-electron chi connectivity index (χ2n) is 16.0. The molecule has 3 saturated heterocycles. The largest absolute Gasteiger partial charge is 0.508 e. The molecule has 0 unspecified atom stereocenters. The lowest BCUT2D eigenvalue weighted by Gasteiger charge is -2.50. The molecule has 10 nitrogen and oxygen atoms in total. The second kappa shape index (κ2) is 14.8. The van der Waals surface area contributed by atoms with E-state index < -0.39 is 63.6 Å². The number of piperidine rings is 1. The molecule has 3 aromatic carbocycles. The Morgan fingerprint density at radius 3 is 2.22 bits per heavy atom. The number of carbonyl (C=O) groups excluding carboxylic acids is 4. The SMILES string of the molecule is O=C1[C@@H]2C[C@@H]3C(=CC[C@@H]4C(=O)N(C5CCN(Cc6ccccc6)CC5)C(=O)[C@@H]43)[C@H](c3ccc(O)cc3)[C@]2(c2ccc(Cl)cc2)C(=O)N1Nc1ncc(C(F)(F)F)cc1Cl. The second-order valence-corrected chi connectivity index (χ2v) is 16.9. The normalized spacial score (nSPS) is 27.4. The number of aromatic nitrogens is 1. The number of allylic oxidation sites excluding steroid dienone is 2. The number of aromatic hydroxyl groups is 1. The van der Waals surface area contributed by atoms with Crippen molar-refractivity contribution in [3.8, 4) is 5.75 Å². The van der Waals surface area contributed by atoms with Gasteiger partial charge >= 0.3 is 6.18 Å². The van der Waals surface area contributed by atoms with Crippen LogP contribution in [0.15, 0.2) is 103 Å². The molecule has 0 radical (unpaired) electrons. The summed E-state index contributed by atoms with van der Waals surface area (Å²) in [7, 11) is 0. The number of nitrogens with zero attached hydrogens (tertiary/aromatic N) is 4. The van der Waals surface area contributed by atoms with Crippen molar-refractivity contribution in [2.45, 2.75) is 55.8 Å². The Labute approximate surface area is 347 Å². The highest BCUT2D eigenvalue weighted by Gasteiger charge is 2.70. The number of phenols is 1. The fourth-order valence-electron chi connectivity index (χ4n) is 10.4. The van der Waals surface area contributed by atoms with Crippen molar-refractivity contribution >= 4 is 52.6 Å². The standard InChI is InChI=1S/C44H38Cl2F3N5O5/c45-28-10-8-26(9-11-28)43-34(40(57)54(42(43)59)51-38-35(46)20-27(22-50-38)44(47,48)49)21-33-31(37(43)25-6-12-30(55)13-7-25)14-15-32-36(33)41(58)53(39(32)56)29-16-18-52(19-17-29)23-24-4-2-1-3-5-24/h1-14,20,22,29,32-34,36-37,55H,15-19,21,23H2,(H,50,51)/t32-,33+,34-,36-,37-,43+/m0/s1. The topological polar surface area (TPSA) is 123 Å². The fraction of sp³-hybridized carbons (Fsp3) is 0.341. The van der Waals surface area contributed by atoms with Gasteiger partial charge in [-0.2, -0.15) is 18.2 Å². The van der Waals surface area contributed by atoms with Gasteiger partial charge in [0.1, 0.15) is 5.75 Å².